The highest BCUT2D eigenvalue weighted by molar-refractivity contribution is 9.10. The van der Waals surface area contributed by atoms with Gasteiger partial charge in [0.1, 0.15) is 5.52 Å². The van der Waals surface area contributed by atoms with Gasteiger partial charge in [-0.3, -0.25) is 14.9 Å². The molecule has 3 aromatic rings. The first-order chi connectivity index (χ1) is 9.49. The Morgan fingerprint density at radius 1 is 1.25 bits per heavy atom. The molecule has 2 aromatic carbocycles. The largest absolute Gasteiger partial charge is 0.349 e. The molecule has 7 heteroatoms. The topological polar surface area (TPSA) is 76.0 Å². The predicted molar refractivity (Wildman–Crippen MR) is 81.4 cm³/mol. The Bertz CT molecular complexity index is 936. The molecule has 0 saturated heterocycles. The van der Waals surface area contributed by atoms with Crippen LogP contribution in [0, 0.1) is 10.1 Å². The molecule has 1 N–H and O–H groups in total. The SMILES string of the molecule is O=c1c2cc(Br)ccc2[nH]c2c([N+](=O)[O-])ccc(Cl)c12. The van der Waals surface area contributed by atoms with Gasteiger partial charge >= 0.3 is 0 Å². The summed E-state index contributed by atoms with van der Waals surface area (Å²) in [5.74, 6) is 0. The highest BCUT2D eigenvalue weighted by Gasteiger charge is 2.18. The molecule has 1 aromatic heterocycles. The van der Waals surface area contributed by atoms with E-state index in [0.717, 1.165) is 4.47 Å². The number of pyridine rings is 1. The van der Waals surface area contributed by atoms with Crippen molar-refractivity contribution in [2.24, 2.45) is 0 Å². The van der Waals surface area contributed by atoms with Crippen LogP contribution in [0.4, 0.5) is 5.69 Å². The third-order valence-electron chi connectivity index (χ3n) is 3.04. The van der Waals surface area contributed by atoms with Crippen molar-refractivity contribution in [2.45, 2.75) is 0 Å². The second-order valence-corrected chi connectivity index (χ2v) is 5.54. The van der Waals surface area contributed by atoms with Crippen molar-refractivity contribution in [3.63, 3.8) is 0 Å². The summed E-state index contributed by atoms with van der Waals surface area (Å²) < 4.78 is 0.747. The Labute approximate surface area is 125 Å². The van der Waals surface area contributed by atoms with Crippen molar-refractivity contribution >= 4 is 55.0 Å². The first-order valence-electron chi connectivity index (χ1n) is 5.57. The second-order valence-electron chi connectivity index (χ2n) is 4.22. The molecule has 0 bridgehead atoms. The van der Waals surface area contributed by atoms with Gasteiger partial charge in [-0.05, 0) is 24.3 Å². The van der Waals surface area contributed by atoms with E-state index in [4.69, 9.17) is 11.6 Å². The number of hydrogen-bond acceptors (Lipinski definition) is 3. The quantitative estimate of drug-likeness (QED) is 0.408. The van der Waals surface area contributed by atoms with Gasteiger partial charge in [-0.1, -0.05) is 27.5 Å². The van der Waals surface area contributed by atoms with E-state index in [1.54, 1.807) is 18.2 Å². The summed E-state index contributed by atoms with van der Waals surface area (Å²) in [4.78, 5) is 25.9. The molecular formula is C13H6BrClN2O3. The van der Waals surface area contributed by atoms with Crippen LogP contribution in [-0.2, 0) is 0 Å². The zero-order valence-electron chi connectivity index (χ0n) is 9.81. The lowest BCUT2D eigenvalue weighted by molar-refractivity contribution is -0.383. The van der Waals surface area contributed by atoms with Gasteiger partial charge in [0.2, 0.25) is 0 Å². The van der Waals surface area contributed by atoms with Crippen LogP contribution >= 0.6 is 27.5 Å². The third-order valence-corrected chi connectivity index (χ3v) is 3.85. The van der Waals surface area contributed by atoms with E-state index >= 15 is 0 Å². The Morgan fingerprint density at radius 3 is 2.70 bits per heavy atom. The van der Waals surface area contributed by atoms with Gasteiger partial charge < -0.3 is 4.98 Å². The highest BCUT2D eigenvalue weighted by atomic mass is 79.9. The fourth-order valence-corrected chi connectivity index (χ4v) is 2.75. The Kier molecular flexibility index (Phi) is 2.99. The lowest BCUT2D eigenvalue weighted by Crippen LogP contribution is -2.06. The van der Waals surface area contributed by atoms with E-state index in [-0.39, 0.29) is 27.0 Å². The number of H-pyrrole nitrogens is 1. The minimum absolute atomic E-state index is 0.131. The first kappa shape index (κ1) is 13.1. The Hall–Kier alpha value is -1.92. The molecule has 0 spiro atoms. The smallest absolute Gasteiger partial charge is 0.293 e. The molecule has 0 fully saturated rings. The standard InChI is InChI=1S/C13H6BrClN2O3/c14-6-1-3-9-7(5-6)13(18)11-8(15)2-4-10(17(19)20)12(11)16-9/h1-5H,(H,16,18). The number of rotatable bonds is 1. The monoisotopic (exact) mass is 352 g/mol. The van der Waals surface area contributed by atoms with Gasteiger partial charge in [-0.2, -0.15) is 0 Å². The minimum Gasteiger partial charge on any atom is -0.349 e. The van der Waals surface area contributed by atoms with Crippen molar-refractivity contribution in [1.29, 1.82) is 0 Å². The lowest BCUT2D eigenvalue weighted by atomic mass is 10.1. The van der Waals surface area contributed by atoms with E-state index in [1.165, 1.54) is 12.1 Å². The molecule has 100 valence electrons. The summed E-state index contributed by atoms with van der Waals surface area (Å²) in [5.41, 5.74) is 0.161. The number of halogens is 2. The first-order valence-corrected chi connectivity index (χ1v) is 6.74. The average Bonchev–Trinajstić information content (AvgIpc) is 2.39. The molecule has 0 amide bonds. The third kappa shape index (κ3) is 1.88. The summed E-state index contributed by atoms with van der Waals surface area (Å²) in [7, 11) is 0. The number of aromatic nitrogens is 1. The van der Waals surface area contributed by atoms with Crippen molar-refractivity contribution < 1.29 is 4.92 Å². The number of nitro benzene ring substituents is 1. The average molecular weight is 354 g/mol. The Morgan fingerprint density at radius 2 is 2.00 bits per heavy atom. The van der Waals surface area contributed by atoms with Gasteiger partial charge in [0.15, 0.2) is 5.43 Å². The summed E-state index contributed by atoms with van der Waals surface area (Å²) in [5, 5.41) is 11.8. The van der Waals surface area contributed by atoms with E-state index in [0.29, 0.717) is 10.9 Å². The van der Waals surface area contributed by atoms with E-state index < -0.39 is 4.92 Å². The molecule has 0 unspecified atom stereocenters. The van der Waals surface area contributed by atoms with Crippen LogP contribution in [0.3, 0.4) is 0 Å². The van der Waals surface area contributed by atoms with Gasteiger partial charge in [0.25, 0.3) is 5.69 Å². The molecule has 20 heavy (non-hydrogen) atoms. The second kappa shape index (κ2) is 4.57. The van der Waals surface area contributed by atoms with Crippen LogP contribution in [0.15, 0.2) is 39.6 Å². The number of aromatic amines is 1. The fraction of sp³-hybridized carbons (Fsp3) is 0. The Balaban J connectivity index is 2.62. The van der Waals surface area contributed by atoms with Crippen LogP contribution in [0.25, 0.3) is 21.8 Å². The van der Waals surface area contributed by atoms with Crippen molar-refractivity contribution in [3.05, 3.63) is 60.2 Å². The maximum Gasteiger partial charge on any atom is 0.293 e. The number of hydrogen-bond donors (Lipinski definition) is 1. The molecule has 0 radical (unpaired) electrons. The zero-order valence-corrected chi connectivity index (χ0v) is 12.2. The van der Waals surface area contributed by atoms with E-state index in [2.05, 4.69) is 20.9 Å². The van der Waals surface area contributed by atoms with E-state index in [9.17, 15) is 14.9 Å². The van der Waals surface area contributed by atoms with Crippen molar-refractivity contribution in [2.75, 3.05) is 0 Å². The maximum atomic E-state index is 12.5. The molecule has 1 heterocycles. The van der Waals surface area contributed by atoms with E-state index in [1.807, 2.05) is 0 Å². The number of nitrogens with one attached hydrogen (secondary N) is 1. The van der Waals surface area contributed by atoms with Crippen LogP contribution in [0.5, 0.6) is 0 Å². The molecule has 5 nitrogen and oxygen atoms in total. The maximum absolute atomic E-state index is 12.5. The van der Waals surface area contributed by atoms with Gasteiger partial charge in [0, 0.05) is 21.4 Å². The van der Waals surface area contributed by atoms with Gasteiger partial charge in [0.05, 0.1) is 15.3 Å². The van der Waals surface area contributed by atoms with Crippen LogP contribution < -0.4 is 5.43 Å². The molecule has 0 atom stereocenters. The molecule has 0 aliphatic rings. The molecule has 3 rings (SSSR count). The molecule has 0 aliphatic carbocycles. The summed E-state index contributed by atoms with van der Waals surface area (Å²) in [6.07, 6.45) is 0. The highest BCUT2D eigenvalue weighted by Crippen LogP contribution is 2.29. The van der Waals surface area contributed by atoms with Crippen LogP contribution in [0.2, 0.25) is 5.02 Å². The zero-order chi connectivity index (χ0) is 14.4. The predicted octanol–water partition coefficient (Wildman–Crippen LogP) is 4.01. The van der Waals surface area contributed by atoms with Crippen LogP contribution in [-0.4, -0.2) is 9.91 Å². The normalized spacial score (nSPS) is 11.1. The number of nitrogens with zero attached hydrogens (tertiary/aromatic N) is 1. The molecule has 0 saturated carbocycles. The van der Waals surface area contributed by atoms with Crippen LogP contribution in [0.1, 0.15) is 0 Å². The van der Waals surface area contributed by atoms with Crippen molar-refractivity contribution in [1.82, 2.24) is 4.98 Å². The number of nitro groups is 1. The lowest BCUT2D eigenvalue weighted by Gasteiger charge is -2.05. The number of fused-ring (bicyclic) bond motifs is 2. The molecule has 0 aliphatic heterocycles. The summed E-state index contributed by atoms with van der Waals surface area (Å²) in [6, 6.07) is 7.74. The fourth-order valence-electron chi connectivity index (χ4n) is 2.15. The number of benzene rings is 2. The van der Waals surface area contributed by atoms with Gasteiger partial charge in [-0.15, -0.1) is 0 Å². The number of non-ortho nitro benzene ring substituents is 1. The van der Waals surface area contributed by atoms with Gasteiger partial charge in [-0.25, -0.2) is 0 Å². The summed E-state index contributed by atoms with van der Waals surface area (Å²) in [6.45, 7) is 0. The summed E-state index contributed by atoms with van der Waals surface area (Å²) >= 11 is 9.32. The van der Waals surface area contributed by atoms with Crippen molar-refractivity contribution in [3.8, 4) is 0 Å². The minimum atomic E-state index is -0.542. The molecular weight excluding hydrogens is 348 g/mol.